The van der Waals surface area contributed by atoms with Crippen LogP contribution in [0.3, 0.4) is 0 Å². The highest BCUT2D eigenvalue weighted by Gasteiger charge is 2.26. The number of benzene rings is 2. The first kappa shape index (κ1) is 29.5. The van der Waals surface area contributed by atoms with Gasteiger partial charge in [0.05, 0.1) is 24.0 Å². The summed E-state index contributed by atoms with van der Waals surface area (Å²) in [6, 6.07) is 13.0. The van der Waals surface area contributed by atoms with Crippen molar-refractivity contribution in [3.63, 3.8) is 0 Å². The molecule has 1 aliphatic carbocycles. The second kappa shape index (κ2) is 13.8. The van der Waals surface area contributed by atoms with Crippen LogP contribution in [0.15, 0.2) is 53.6 Å². The minimum Gasteiger partial charge on any atom is -0.392 e. The number of nitrogens with zero attached hydrogens (tertiary/aromatic N) is 2. The summed E-state index contributed by atoms with van der Waals surface area (Å²) in [6.45, 7) is 4.64. The van der Waals surface area contributed by atoms with Crippen LogP contribution in [-0.4, -0.2) is 58.4 Å². The van der Waals surface area contributed by atoms with E-state index in [4.69, 9.17) is 0 Å². The molecule has 1 aliphatic rings. The average molecular weight is 567 g/mol. The quantitative estimate of drug-likeness (QED) is 0.204. The molecule has 212 valence electrons. The zero-order valence-corrected chi connectivity index (χ0v) is 23.5. The molecule has 0 fully saturated rings. The zero-order valence-electron chi connectivity index (χ0n) is 22.7. The van der Waals surface area contributed by atoms with Crippen molar-refractivity contribution in [2.75, 3.05) is 18.4 Å². The monoisotopic (exact) mass is 566 g/mol. The van der Waals surface area contributed by atoms with Crippen LogP contribution in [0.5, 0.6) is 0 Å². The van der Waals surface area contributed by atoms with Crippen molar-refractivity contribution in [1.29, 1.82) is 0 Å². The Kier molecular flexibility index (Phi) is 10.2. The summed E-state index contributed by atoms with van der Waals surface area (Å²) in [7, 11) is 0. The summed E-state index contributed by atoms with van der Waals surface area (Å²) in [5.74, 6) is -1.09. The Balaban J connectivity index is 1.51. The van der Waals surface area contributed by atoms with E-state index in [0.29, 0.717) is 41.3 Å². The van der Waals surface area contributed by atoms with Crippen LogP contribution >= 0.6 is 11.3 Å². The maximum absolute atomic E-state index is 13.3. The Labute approximate surface area is 237 Å². The van der Waals surface area contributed by atoms with E-state index in [0.717, 1.165) is 41.7 Å². The molecule has 8 nitrogen and oxygen atoms in total. The third kappa shape index (κ3) is 8.04. The molecule has 4 rings (SSSR count). The fourth-order valence-corrected chi connectivity index (χ4v) is 6.14. The van der Waals surface area contributed by atoms with Gasteiger partial charge in [-0.25, -0.2) is 9.82 Å². The minimum atomic E-state index is -0.556. The highest BCUT2D eigenvalue weighted by molar-refractivity contribution is 7.17. The van der Waals surface area contributed by atoms with Crippen molar-refractivity contribution in [2.24, 2.45) is 5.10 Å². The lowest BCUT2D eigenvalue weighted by atomic mass is 9.95. The van der Waals surface area contributed by atoms with Gasteiger partial charge in [-0.1, -0.05) is 24.3 Å². The van der Waals surface area contributed by atoms with Gasteiger partial charge in [-0.2, -0.15) is 5.10 Å². The molecule has 4 N–H and O–H groups in total. The van der Waals surface area contributed by atoms with Gasteiger partial charge in [0.15, 0.2) is 0 Å². The summed E-state index contributed by atoms with van der Waals surface area (Å²) in [4.78, 5) is 29.6. The first-order valence-electron chi connectivity index (χ1n) is 13.4. The third-order valence-electron chi connectivity index (χ3n) is 6.52. The number of aliphatic hydroxyl groups is 2. The minimum absolute atomic E-state index is 0.332. The van der Waals surface area contributed by atoms with Gasteiger partial charge in [0.2, 0.25) is 0 Å². The van der Waals surface area contributed by atoms with Crippen molar-refractivity contribution in [3.05, 3.63) is 87.0 Å². The first-order chi connectivity index (χ1) is 19.2. The van der Waals surface area contributed by atoms with Gasteiger partial charge in [-0.3, -0.25) is 14.5 Å². The summed E-state index contributed by atoms with van der Waals surface area (Å²) in [5.41, 5.74) is 5.89. The highest BCUT2D eigenvalue weighted by atomic mass is 32.1. The van der Waals surface area contributed by atoms with E-state index in [1.165, 1.54) is 29.7 Å². The molecule has 0 aliphatic heterocycles. The Morgan fingerprint density at radius 2 is 1.75 bits per heavy atom. The topological polar surface area (TPSA) is 114 Å². The number of hydrazone groups is 1. The van der Waals surface area contributed by atoms with Crippen LogP contribution in [0.1, 0.15) is 69.0 Å². The fourth-order valence-electron chi connectivity index (χ4n) is 4.86. The number of halogens is 1. The Morgan fingerprint density at radius 1 is 1.05 bits per heavy atom. The maximum Gasteiger partial charge on any atom is 0.274 e. The number of fused-ring (bicyclic) bond motifs is 1. The molecule has 2 atom stereocenters. The summed E-state index contributed by atoms with van der Waals surface area (Å²) >= 11 is 1.42. The Morgan fingerprint density at radius 3 is 2.45 bits per heavy atom. The van der Waals surface area contributed by atoms with Crippen LogP contribution in [0.2, 0.25) is 0 Å². The number of aliphatic hydroxyl groups excluding tert-OH is 2. The van der Waals surface area contributed by atoms with Crippen molar-refractivity contribution < 1.29 is 24.2 Å². The second-order valence-corrected chi connectivity index (χ2v) is 11.3. The molecule has 0 spiro atoms. The molecule has 3 aromatic rings. The molecule has 1 heterocycles. The number of hydrogen-bond acceptors (Lipinski definition) is 7. The molecule has 10 heteroatoms. The number of hydrogen-bond donors (Lipinski definition) is 4. The standard InChI is InChI=1S/C30H35FN4O4S/c1-19(36)16-35(17-20(2)37)18-22-6-5-7-23(14-22)28(38)33-30-27(25-8-3-4-9-26(25)40-30)29(39)34-32-15-21-10-12-24(31)13-11-21/h5-7,10-15,19-20,36-37H,3-4,8-9,16-18H2,1-2H3,(H,33,38)(H,34,39)/b32-15+. The Bertz CT molecular complexity index is 1340. The predicted molar refractivity (Wildman–Crippen MR) is 155 cm³/mol. The zero-order chi connectivity index (χ0) is 28.6. The van der Waals surface area contributed by atoms with Gasteiger partial charge >= 0.3 is 0 Å². The van der Waals surface area contributed by atoms with Gasteiger partial charge in [0, 0.05) is 30.1 Å². The molecule has 0 saturated heterocycles. The smallest absolute Gasteiger partial charge is 0.274 e. The third-order valence-corrected chi connectivity index (χ3v) is 7.72. The summed E-state index contributed by atoms with van der Waals surface area (Å²) < 4.78 is 13.2. The number of thiophene rings is 1. The van der Waals surface area contributed by atoms with Crippen molar-refractivity contribution in [2.45, 2.75) is 58.3 Å². The fraction of sp³-hybridized carbons (Fsp3) is 0.367. The average Bonchev–Trinajstić information content (AvgIpc) is 3.27. The van der Waals surface area contributed by atoms with Crippen molar-refractivity contribution in [1.82, 2.24) is 10.3 Å². The second-order valence-electron chi connectivity index (χ2n) is 10.2. The normalized spacial score (nSPS) is 14.7. The summed E-state index contributed by atoms with van der Waals surface area (Å²) in [6.07, 6.45) is 3.93. The lowest BCUT2D eigenvalue weighted by Crippen LogP contribution is -2.35. The SMILES string of the molecule is CC(O)CN(Cc1cccc(C(=O)Nc2sc3c(c2C(=O)N/N=C/c2ccc(F)cc2)CCCC3)c1)CC(C)O. The lowest BCUT2D eigenvalue weighted by Gasteiger charge is -2.25. The molecule has 2 amide bonds. The lowest BCUT2D eigenvalue weighted by molar-refractivity contribution is 0.0793. The highest BCUT2D eigenvalue weighted by Crippen LogP contribution is 2.38. The van der Waals surface area contributed by atoms with Crippen molar-refractivity contribution in [3.8, 4) is 0 Å². The van der Waals surface area contributed by atoms with Gasteiger partial charge in [-0.05, 0) is 80.5 Å². The van der Waals surface area contributed by atoms with E-state index < -0.39 is 18.1 Å². The molecule has 2 unspecified atom stereocenters. The van der Waals surface area contributed by atoms with Crippen LogP contribution in [0, 0.1) is 5.82 Å². The first-order valence-corrected chi connectivity index (χ1v) is 14.2. The van der Waals surface area contributed by atoms with Crippen LogP contribution < -0.4 is 10.7 Å². The number of nitrogens with one attached hydrogen (secondary N) is 2. The number of carbonyl (C=O) groups is 2. The molecular formula is C30H35FN4O4S. The van der Waals surface area contributed by atoms with Gasteiger partial charge in [0.1, 0.15) is 10.8 Å². The van der Waals surface area contributed by atoms with Crippen LogP contribution in [0.25, 0.3) is 0 Å². The predicted octanol–water partition coefficient (Wildman–Crippen LogP) is 4.35. The largest absolute Gasteiger partial charge is 0.392 e. The molecule has 2 aromatic carbocycles. The number of rotatable bonds is 11. The van der Waals surface area contributed by atoms with Crippen molar-refractivity contribution >= 4 is 34.4 Å². The van der Waals surface area contributed by atoms with E-state index in [9.17, 15) is 24.2 Å². The number of amides is 2. The van der Waals surface area contributed by atoms with E-state index >= 15 is 0 Å². The molecule has 0 saturated carbocycles. The van der Waals surface area contributed by atoms with E-state index in [-0.39, 0.29) is 11.7 Å². The molecular weight excluding hydrogens is 531 g/mol. The van der Waals surface area contributed by atoms with Gasteiger partial charge < -0.3 is 15.5 Å². The molecule has 40 heavy (non-hydrogen) atoms. The molecule has 0 radical (unpaired) electrons. The van der Waals surface area contributed by atoms with Crippen LogP contribution in [0.4, 0.5) is 9.39 Å². The van der Waals surface area contributed by atoms with E-state index in [1.54, 1.807) is 44.2 Å². The summed E-state index contributed by atoms with van der Waals surface area (Å²) in [5, 5.41) is 27.2. The van der Waals surface area contributed by atoms with E-state index in [2.05, 4.69) is 15.8 Å². The maximum atomic E-state index is 13.3. The Hall–Kier alpha value is -3.44. The molecule has 1 aromatic heterocycles. The number of aryl methyl sites for hydroxylation is 1. The van der Waals surface area contributed by atoms with E-state index in [1.807, 2.05) is 11.0 Å². The van der Waals surface area contributed by atoms with Gasteiger partial charge in [0.25, 0.3) is 11.8 Å². The van der Waals surface area contributed by atoms with Crippen LogP contribution in [-0.2, 0) is 19.4 Å². The molecule has 0 bridgehead atoms. The number of carbonyl (C=O) groups excluding carboxylic acids is 2. The number of anilines is 1. The van der Waals surface area contributed by atoms with Gasteiger partial charge in [-0.15, -0.1) is 11.3 Å².